The van der Waals surface area contributed by atoms with Crippen molar-refractivity contribution in [3.63, 3.8) is 0 Å². The number of pyridine rings is 1. The molecule has 0 atom stereocenters. The molecule has 0 aliphatic heterocycles. The van der Waals surface area contributed by atoms with Crippen LogP contribution in [0.3, 0.4) is 0 Å². The van der Waals surface area contributed by atoms with Crippen molar-refractivity contribution in [2.24, 2.45) is 0 Å². The van der Waals surface area contributed by atoms with Gasteiger partial charge in [-0.25, -0.2) is 4.98 Å². The van der Waals surface area contributed by atoms with Crippen molar-refractivity contribution < 1.29 is 4.79 Å². The van der Waals surface area contributed by atoms with Gasteiger partial charge in [-0.2, -0.15) is 0 Å². The Bertz CT molecular complexity index is 890. The molecule has 0 fully saturated rings. The number of nitrogens with one attached hydrogen (secondary N) is 2. The molecule has 1 heterocycles. The summed E-state index contributed by atoms with van der Waals surface area (Å²) in [6.45, 7) is 3.93. The number of benzene rings is 2. The van der Waals surface area contributed by atoms with Crippen molar-refractivity contribution in [2.45, 2.75) is 13.8 Å². The SMILES string of the molecule is Cc1ccc(C(=O)Nc2ccc(Nc3cccc(Cl)c3C)nc2)cc1. The van der Waals surface area contributed by atoms with Crippen molar-refractivity contribution in [2.75, 3.05) is 10.6 Å². The lowest BCUT2D eigenvalue weighted by Gasteiger charge is -2.11. The molecule has 4 nitrogen and oxygen atoms in total. The van der Waals surface area contributed by atoms with Gasteiger partial charge in [-0.3, -0.25) is 4.79 Å². The van der Waals surface area contributed by atoms with E-state index in [0.717, 1.165) is 16.8 Å². The van der Waals surface area contributed by atoms with E-state index < -0.39 is 0 Å². The third kappa shape index (κ3) is 4.17. The van der Waals surface area contributed by atoms with Crippen molar-refractivity contribution in [3.8, 4) is 0 Å². The van der Waals surface area contributed by atoms with Crippen molar-refractivity contribution in [1.82, 2.24) is 4.98 Å². The summed E-state index contributed by atoms with van der Waals surface area (Å²) in [7, 11) is 0. The Morgan fingerprint density at radius 1 is 1.00 bits per heavy atom. The van der Waals surface area contributed by atoms with Gasteiger partial charge in [0.25, 0.3) is 5.91 Å². The highest BCUT2D eigenvalue weighted by Crippen LogP contribution is 2.25. The van der Waals surface area contributed by atoms with E-state index in [-0.39, 0.29) is 5.91 Å². The number of anilines is 3. The molecule has 1 aromatic heterocycles. The standard InChI is InChI=1S/C20H18ClN3O/c1-13-6-8-15(9-7-13)20(25)23-16-10-11-19(22-12-16)24-18-5-3-4-17(21)14(18)2/h3-12H,1-2H3,(H,22,24)(H,23,25). The number of hydrogen-bond donors (Lipinski definition) is 2. The number of carbonyl (C=O) groups excluding carboxylic acids is 1. The number of halogens is 1. The number of aromatic nitrogens is 1. The third-order valence-corrected chi connectivity index (χ3v) is 4.27. The van der Waals surface area contributed by atoms with Crippen molar-refractivity contribution >= 4 is 34.7 Å². The molecule has 2 aromatic carbocycles. The monoisotopic (exact) mass is 351 g/mol. The van der Waals surface area contributed by atoms with E-state index in [1.165, 1.54) is 0 Å². The molecule has 0 aliphatic carbocycles. The van der Waals surface area contributed by atoms with Gasteiger partial charge in [-0.05, 0) is 55.8 Å². The van der Waals surface area contributed by atoms with Gasteiger partial charge in [-0.1, -0.05) is 35.4 Å². The molecule has 0 saturated heterocycles. The summed E-state index contributed by atoms with van der Waals surface area (Å²) >= 11 is 6.12. The first-order valence-electron chi connectivity index (χ1n) is 7.89. The van der Waals surface area contributed by atoms with Crippen molar-refractivity contribution in [3.05, 3.63) is 82.5 Å². The van der Waals surface area contributed by atoms with Crippen LogP contribution in [0.1, 0.15) is 21.5 Å². The lowest BCUT2D eigenvalue weighted by Crippen LogP contribution is -2.12. The highest BCUT2D eigenvalue weighted by molar-refractivity contribution is 6.31. The lowest BCUT2D eigenvalue weighted by atomic mass is 10.1. The maximum Gasteiger partial charge on any atom is 0.255 e. The predicted octanol–water partition coefficient (Wildman–Crippen LogP) is 5.35. The summed E-state index contributed by atoms with van der Waals surface area (Å²) in [5, 5.41) is 6.76. The molecule has 0 spiro atoms. The lowest BCUT2D eigenvalue weighted by molar-refractivity contribution is 0.102. The summed E-state index contributed by atoms with van der Waals surface area (Å²) in [6, 6.07) is 16.7. The average molecular weight is 352 g/mol. The van der Waals surface area contributed by atoms with E-state index in [9.17, 15) is 4.79 Å². The normalized spacial score (nSPS) is 10.4. The maximum absolute atomic E-state index is 12.2. The highest BCUT2D eigenvalue weighted by atomic mass is 35.5. The van der Waals surface area contributed by atoms with Gasteiger partial charge in [0.1, 0.15) is 5.82 Å². The number of hydrogen-bond acceptors (Lipinski definition) is 3. The van der Waals surface area contributed by atoms with E-state index in [0.29, 0.717) is 22.1 Å². The Kier molecular flexibility index (Phi) is 5.00. The quantitative estimate of drug-likeness (QED) is 0.666. The first-order valence-corrected chi connectivity index (χ1v) is 8.27. The fraction of sp³-hybridized carbons (Fsp3) is 0.100. The number of nitrogens with zero attached hydrogens (tertiary/aromatic N) is 1. The molecule has 25 heavy (non-hydrogen) atoms. The van der Waals surface area contributed by atoms with Crippen molar-refractivity contribution in [1.29, 1.82) is 0 Å². The second-order valence-electron chi connectivity index (χ2n) is 5.79. The van der Waals surface area contributed by atoms with Crippen LogP contribution in [0, 0.1) is 13.8 Å². The molecule has 3 aromatic rings. The molecule has 0 radical (unpaired) electrons. The van der Waals surface area contributed by atoms with Gasteiger partial charge in [0.15, 0.2) is 0 Å². The zero-order valence-electron chi connectivity index (χ0n) is 14.0. The van der Waals surface area contributed by atoms with E-state index in [4.69, 9.17) is 11.6 Å². The summed E-state index contributed by atoms with van der Waals surface area (Å²) in [5.74, 6) is 0.520. The molecular weight excluding hydrogens is 334 g/mol. The van der Waals surface area contributed by atoms with Gasteiger partial charge < -0.3 is 10.6 Å². The number of amides is 1. The first-order chi connectivity index (χ1) is 12.0. The minimum atomic E-state index is -0.159. The van der Waals surface area contributed by atoms with Crippen LogP contribution in [0.2, 0.25) is 5.02 Å². The van der Waals surface area contributed by atoms with Crippen LogP contribution < -0.4 is 10.6 Å². The molecule has 5 heteroatoms. The summed E-state index contributed by atoms with van der Waals surface area (Å²) in [5.41, 5.74) is 4.23. The Morgan fingerprint density at radius 3 is 2.44 bits per heavy atom. The van der Waals surface area contributed by atoms with E-state index in [2.05, 4.69) is 15.6 Å². The Hall–Kier alpha value is -2.85. The second-order valence-corrected chi connectivity index (χ2v) is 6.20. The third-order valence-electron chi connectivity index (χ3n) is 3.87. The molecule has 0 aliphatic rings. The van der Waals surface area contributed by atoms with Crippen LogP contribution in [0.4, 0.5) is 17.2 Å². The van der Waals surface area contributed by atoms with E-state index >= 15 is 0 Å². The molecule has 3 rings (SSSR count). The predicted molar refractivity (Wildman–Crippen MR) is 103 cm³/mol. The second kappa shape index (κ2) is 7.36. The first kappa shape index (κ1) is 17.0. The van der Waals surface area contributed by atoms with Crippen LogP contribution in [0.5, 0.6) is 0 Å². The molecule has 126 valence electrons. The molecular formula is C20H18ClN3O. The zero-order valence-corrected chi connectivity index (χ0v) is 14.8. The molecule has 0 unspecified atom stereocenters. The summed E-state index contributed by atoms with van der Waals surface area (Å²) < 4.78 is 0. The molecule has 2 N–H and O–H groups in total. The van der Waals surface area contributed by atoms with Gasteiger partial charge in [-0.15, -0.1) is 0 Å². The molecule has 1 amide bonds. The minimum Gasteiger partial charge on any atom is -0.340 e. The van der Waals surface area contributed by atoms with E-state index in [1.54, 1.807) is 24.4 Å². The largest absolute Gasteiger partial charge is 0.340 e. The fourth-order valence-corrected chi connectivity index (χ4v) is 2.51. The maximum atomic E-state index is 12.2. The Balaban J connectivity index is 1.69. The average Bonchev–Trinajstić information content (AvgIpc) is 2.61. The van der Waals surface area contributed by atoms with Crippen LogP contribution in [-0.4, -0.2) is 10.9 Å². The minimum absolute atomic E-state index is 0.159. The van der Waals surface area contributed by atoms with E-state index in [1.807, 2.05) is 50.2 Å². The van der Waals surface area contributed by atoms with Crippen LogP contribution in [0.25, 0.3) is 0 Å². The van der Waals surface area contributed by atoms with Crippen LogP contribution in [-0.2, 0) is 0 Å². The van der Waals surface area contributed by atoms with Gasteiger partial charge in [0, 0.05) is 16.3 Å². The Labute approximate surface area is 151 Å². The van der Waals surface area contributed by atoms with Gasteiger partial charge in [0.2, 0.25) is 0 Å². The summed E-state index contributed by atoms with van der Waals surface area (Å²) in [4.78, 5) is 16.6. The molecule has 0 saturated carbocycles. The fourth-order valence-electron chi connectivity index (χ4n) is 2.33. The molecule has 0 bridgehead atoms. The van der Waals surface area contributed by atoms with Gasteiger partial charge >= 0.3 is 0 Å². The zero-order chi connectivity index (χ0) is 17.8. The topological polar surface area (TPSA) is 54.0 Å². The summed E-state index contributed by atoms with van der Waals surface area (Å²) in [6.07, 6.45) is 1.62. The van der Waals surface area contributed by atoms with Crippen LogP contribution in [0.15, 0.2) is 60.8 Å². The number of aryl methyl sites for hydroxylation is 1. The van der Waals surface area contributed by atoms with Gasteiger partial charge in [0.05, 0.1) is 11.9 Å². The number of rotatable bonds is 4. The Morgan fingerprint density at radius 2 is 1.76 bits per heavy atom. The van der Waals surface area contributed by atoms with Crippen LogP contribution >= 0.6 is 11.6 Å². The number of carbonyl (C=O) groups is 1. The highest BCUT2D eigenvalue weighted by Gasteiger charge is 2.07. The smallest absolute Gasteiger partial charge is 0.255 e.